The van der Waals surface area contributed by atoms with E-state index in [2.05, 4.69) is 15.9 Å². The van der Waals surface area contributed by atoms with Gasteiger partial charge in [0.25, 0.3) is 0 Å². The van der Waals surface area contributed by atoms with E-state index in [0.717, 1.165) is 10.5 Å². The van der Waals surface area contributed by atoms with Crippen LogP contribution in [0.1, 0.15) is 15.9 Å². The van der Waals surface area contributed by atoms with Gasteiger partial charge in [-0.2, -0.15) is 0 Å². The van der Waals surface area contributed by atoms with E-state index in [1.807, 2.05) is 0 Å². The highest BCUT2D eigenvalue weighted by Gasteiger charge is 2.16. The second-order valence-electron chi connectivity index (χ2n) is 3.91. The average Bonchev–Trinajstić information content (AvgIpc) is 2.41. The van der Waals surface area contributed by atoms with Gasteiger partial charge in [0.2, 0.25) is 0 Å². The number of hydrogen-bond acceptors (Lipinski definition) is 3. The van der Waals surface area contributed by atoms with Gasteiger partial charge in [0.05, 0.1) is 18.4 Å². The Hall–Kier alpha value is -1.88. The van der Waals surface area contributed by atoms with E-state index in [0.29, 0.717) is 11.3 Å². The molecule has 0 aliphatic heterocycles. The quantitative estimate of drug-likeness (QED) is 0.695. The summed E-state index contributed by atoms with van der Waals surface area (Å²) in [5, 5.41) is 0. The van der Waals surface area contributed by atoms with Crippen molar-refractivity contribution < 1.29 is 13.9 Å². The third-order valence-electron chi connectivity index (χ3n) is 2.67. The van der Waals surface area contributed by atoms with Gasteiger partial charge in [0.1, 0.15) is 11.6 Å². The number of ketones is 1. The maximum atomic E-state index is 13.4. The van der Waals surface area contributed by atoms with Gasteiger partial charge < -0.3 is 10.5 Å². The molecule has 2 aromatic carbocycles. The first-order valence-corrected chi connectivity index (χ1v) is 6.25. The SMILES string of the molecule is COc1ccc(Br)cc1C(=O)c1ccc(N)c(F)c1. The van der Waals surface area contributed by atoms with Gasteiger partial charge in [-0.25, -0.2) is 4.39 Å². The van der Waals surface area contributed by atoms with Gasteiger partial charge in [0.15, 0.2) is 5.78 Å². The van der Waals surface area contributed by atoms with E-state index < -0.39 is 5.82 Å². The van der Waals surface area contributed by atoms with Crippen LogP contribution < -0.4 is 10.5 Å². The lowest BCUT2D eigenvalue weighted by Gasteiger charge is -2.08. The number of hydrogen-bond donors (Lipinski definition) is 1. The maximum absolute atomic E-state index is 13.4. The van der Waals surface area contributed by atoms with Gasteiger partial charge in [-0.15, -0.1) is 0 Å². The minimum Gasteiger partial charge on any atom is -0.496 e. The lowest BCUT2D eigenvalue weighted by Crippen LogP contribution is -2.05. The normalized spacial score (nSPS) is 10.3. The molecule has 98 valence electrons. The van der Waals surface area contributed by atoms with Crippen molar-refractivity contribution >= 4 is 27.4 Å². The molecule has 0 aromatic heterocycles. The number of anilines is 1. The first-order valence-electron chi connectivity index (χ1n) is 5.46. The average molecular weight is 324 g/mol. The van der Waals surface area contributed by atoms with Crippen molar-refractivity contribution in [1.82, 2.24) is 0 Å². The van der Waals surface area contributed by atoms with Crippen LogP contribution in [-0.4, -0.2) is 12.9 Å². The molecule has 2 N–H and O–H groups in total. The smallest absolute Gasteiger partial charge is 0.196 e. The summed E-state index contributed by atoms with van der Waals surface area (Å²) >= 11 is 3.29. The van der Waals surface area contributed by atoms with Crippen molar-refractivity contribution in [1.29, 1.82) is 0 Å². The Morgan fingerprint density at radius 3 is 2.63 bits per heavy atom. The predicted molar refractivity (Wildman–Crippen MR) is 74.9 cm³/mol. The van der Waals surface area contributed by atoms with E-state index in [9.17, 15) is 9.18 Å². The molecular formula is C14H11BrFNO2. The van der Waals surface area contributed by atoms with Crippen LogP contribution in [0.4, 0.5) is 10.1 Å². The van der Waals surface area contributed by atoms with Crippen LogP contribution in [0, 0.1) is 5.82 Å². The number of halogens is 2. The number of ether oxygens (including phenoxy) is 1. The Kier molecular flexibility index (Phi) is 3.85. The molecule has 2 aromatic rings. The van der Waals surface area contributed by atoms with Crippen molar-refractivity contribution in [2.45, 2.75) is 0 Å². The molecule has 0 saturated heterocycles. The summed E-state index contributed by atoms with van der Waals surface area (Å²) in [6, 6.07) is 9.05. The summed E-state index contributed by atoms with van der Waals surface area (Å²) in [4.78, 5) is 12.3. The Morgan fingerprint density at radius 1 is 1.26 bits per heavy atom. The van der Waals surface area contributed by atoms with Crippen LogP contribution in [-0.2, 0) is 0 Å². The highest BCUT2D eigenvalue weighted by atomic mass is 79.9. The molecule has 0 fully saturated rings. The van der Waals surface area contributed by atoms with E-state index in [1.165, 1.54) is 19.2 Å². The molecule has 0 saturated carbocycles. The zero-order valence-corrected chi connectivity index (χ0v) is 11.7. The molecule has 0 unspecified atom stereocenters. The summed E-state index contributed by atoms with van der Waals surface area (Å²) in [7, 11) is 1.48. The molecule has 0 heterocycles. The molecule has 19 heavy (non-hydrogen) atoms. The molecule has 3 nitrogen and oxygen atoms in total. The number of methoxy groups -OCH3 is 1. The molecule has 0 atom stereocenters. The summed E-state index contributed by atoms with van der Waals surface area (Å²) in [5.74, 6) is -0.498. The number of rotatable bonds is 3. The fourth-order valence-electron chi connectivity index (χ4n) is 1.68. The van der Waals surface area contributed by atoms with Gasteiger partial charge in [-0.1, -0.05) is 15.9 Å². The molecular weight excluding hydrogens is 313 g/mol. The largest absolute Gasteiger partial charge is 0.496 e. The number of carbonyl (C=O) groups excluding carboxylic acids is 1. The fraction of sp³-hybridized carbons (Fsp3) is 0.0714. The Labute approximate surface area is 118 Å². The van der Waals surface area contributed by atoms with Crippen molar-refractivity contribution in [2.75, 3.05) is 12.8 Å². The number of nitrogen functional groups attached to an aromatic ring is 1. The Balaban J connectivity index is 2.49. The summed E-state index contributed by atoms with van der Waals surface area (Å²) in [5.41, 5.74) is 5.99. The minimum absolute atomic E-state index is 0.0118. The van der Waals surface area contributed by atoms with Crippen molar-refractivity contribution in [2.24, 2.45) is 0 Å². The van der Waals surface area contributed by atoms with Crippen LogP contribution in [0.25, 0.3) is 0 Å². The van der Waals surface area contributed by atoms with Gasteiger partial charge in [-0.05, 0) is 36.4 Å². The van der Waals surface area contributed by atoms with Crippen LogP contribution in [0.3, 0.4) is 0 Å². The first kappa shape index (κ1) is 13.5. The molecule has 2 rings (SSSR count). The molecule has 5 heteroatoms. The zero-order chi connectivity index (χ0) is 14.0. The first-order chi connectivity index (χ1) is 9.02. The minimum atomic E-state index is -0.611. The Morgan fingerprint density at radius 2 is 2.00 bits per heavy atom. The molecule has 0 amide bonds. The van der Waals surface area contributed by atoms with E-state index in [-0.39, 0.29) is 17.0 Å². The van der Waals surface area contributed by atoms with E-state index in [1.54, 1.807) is 18.2 Å². The third-order valence-corrected chi connectivity index (χ3v) is 3.16. The lowest BCUT2D eigenvalue weighted by atomic mass is 10.0. The number of nitrogens with two attached hydrogens (primary N) is 1. The third kappa shape index (κ3) is 2.76. The summed E-state index contributed by atoms with van der Waals surface area (Å²) < 4.78 is 19.3. The highest BCUT2D eigenvalue weighted by Crippen LogP contribution is 2.26. The van der Waals surface area contributed by atoms with Crippen LogP contribution >= 0.6 is 15.9 Å². The van der Waals surface area contributed by atoms with Crippen molar-refractivity contribution in [3.63, 3.8) is 0 Å². The van der Waals surface area contributed by atoms with Gasteiger partial charge >= 0.3 is 0 Å². The molecule has 0 bridgehead atoms. The standard InChI is InChI=1S/C14H11BrFNO2/c1-19-13-5-3-9(15)7-10(13)14(18)8-2-4-12(17)11(16)6-8/h2-7H,17H2,1H3. The van der Waals surface area contributed by atoms with Crippen LogP contribution in [0.15, 0.2) is 40.9 Å². The topological polar surface area (TPSA) is 52.3 Å². The van der Waals surface area contributed by atoms with E-state index in [4.69, 9.17) is 10.5 Å². The van der Waals surface area contributed by atoms with Gasteiger partial charge in [0, 0.05) is 10.0 Å². The molecule has 0 aliphatic rings. The summed E-state index contributed by atoms with van der Waals surface area (Å²) in [6.45, 7) is 0. The molecule has 0 spiro atoms. The van der Waals surface area contributed by atoms with E-state index >= 15 is 0 Å². The zero-order valence-electron chi connectivity index (χ0n) is 10.1. The number of benzene rings is 2. The second-order valence-corrected chi connectivity index (χ2v) is 4.83. The highest BCUT2D eigenvalue weighted by molar-refractivity contribution is 9.10. The Bertz CT molecular complexity index is 643. The summed E-state index contributed by atoms with van der Waals surface area (Å²) in [6.07, 6.45) is 0. The molecule has 0 radical (unpaired) electrons. The van der Waals surface area contributed by atoms with Gasteiger partial charge in [-0.3, -0.25) is 4.79 Å². The monoisotopic (exact) mass is 323 g/mol. The molecule has 0 aliphatic carbocycles. The fourth-order valence-corrected chi connectivity index (χ4v) is 2.04. The number of carbonyl (C=O) groups is 1. The lowest BCUT2D eigenvalue weighted by molar-refractivity contribution is 0.103. The maximum Gasteiger partial charge on any atom is 0.196 e. The second kappa shape index (κ2) is 5.40. The van der Waals surface area contributed by atoms with Crippen molar-refractivity contribution in [3.05, 3.63) is 57.8 Å². The van der Waals surface area contributed by atoms with Crippen LogP contribution in [0.2, 0.25) is 0 Å². The van der Waals surface area contributed by atoms with Crippen molar-refractivity contribution in [3.8, 4) is 5.75 Å². The van der Waals surface area contributed by atoms with Crippen LogP contribution in [0.5, 0.6) is 5.75 Å². The predicted octanol–water partition coefficient (Wildman–Crippen LogP) is 3.41.